The van der Waals surface area contributed by atoms with Gasteiger partial charge in [-0.3, -0.25) is 0 Å². The van der Waals surface area contributed by atoms with Gasteiger partial charge in [-0.25, -0.2) is 4.79 Å². The molecule has 1 aliphatic rings. The van der Waals surface area contributed by atoms with Crippen LogP contribution in [0.15, 0.2) is 121 Å². The highest BCUT2D eigenvalue weighted by Crippen LogP contribution is 2.41. The van der Waals surface area contributed by atoms with Gasteiger partial charge in [0.1, 0.15) is 0 Å². The predicted molar refractivity (Wildman–Crippen MR) is 138 cm³/mol. The number of rotatable bonds is 5. The summed E-state index contributed by atoms with van der Waals surface area (Å²) in [5.74, 6) is 0. The van der Waals surface area contributed by atoms with Crippen molar-refractivity contribution in [3.05, 3.63) is 144 Å². The van der Waals surface area contributed by atoms with Gasteiger partial charge in [-0.1, -0.05) is 121 Å². The molecule has 0 radical (unpaired) electrons. The third-order valence-corrected chi connectivity index (χ3v) is 7.09. The van der Waals surface area contributed by atoms with Crippen molar-refractivity contribution in [2.75, 3.05) is 13.1 Å². The van der Waals surface area contributed by atoms with E-state index < -0.39 is 0 Å². The minimum Gasteiger partial charge on any atom is -0.327 e. The molecule has 3 nitrogen and oxygen atoms in total. The van der Waals surface area contributed by atoms with E-state index in [0.717, 1.165) is 24.0 Å². The fraction of sp³-hybridized carbons (Fsp3) is 0.194. The zero-order valence-electron chi connectivity index (χ0n) is 19.3. The first kappa shape index (κ1) is 22.0. The monoisotopic (exact) mass is 446 g/mol. The first-order valence-electron chi connectivity index (χ1n) is 12.0. The van der Waals surface area contributed by atoms with Crippen molar-refractivity contribution in [1.82, 2.24) is 10.2 Å². The molecule has 0 unspecified atom stereocenters. The van der Waals surface area contributed by atoms with Crippen LogP contribution in [-0.2, 0) is 5.41 Å². The summed E-state index contributed by atoms with van der Waals surface area (Å²) in [4.78, 5) is 15.4. The van der Waals surface area contributed by atoms with Crippen molar-refractivity contribution in [3.8, 4) is 0 Å². The maximum absolute atomic E-state index is 13.5. The van der Waals surface area contributed by atoms with Gasteiger partial charge < -0.3 is 10.2 Å². The minimum atomic E-state index is -0.176. The third kappa shape index (κ3) is 4.47. The number of nitrogens with one attached hydrogen (secondary N) is 1. The Hall–Kier alpha value is -3.85. The van der Waals surface area contributed by atoms with E-state index >= 15 is 0 Å². The molecule has 0 aromatic heterocycles. The van der Waals surface area contributed by atoms with Crippen LogP contribution < -0.4 is 5.32 Å². The Morgan fingerprint density at radius 2 is 1.00 bits per heavy atom. The first-order chi connectivity index (χ1) is 16.8. The summed E-state index contributed by atoms with van der Waals surface area (Å²) in [6.45, 7) is 1.43. The van der Waals surface area contributed by atoms with Crippen LogP contribution in [0.2, 0.25) is 0 Å². The number of urea groups is 1. The van der Waals surface area contributed by atoms with E-state index in [1.807, 2.05) is 41.3 Å². The molecule has 1 saturated heterocycles. The second kappa shape index (κ2) is 9.96. The summed E-state index contributed by atoms with van der Waals surface area (Å²) in [5, 5.41) is 3.31. The van der Waals surface area contributed by atoms with Crippen molar-refractivity contribution in [2.24, 2.45) is 0 Å². The molecule has 0 atom stereocenters. The number of carbonyl (C=O) groups excluding carboxylic acids is 1. The maximum atomic E-state index is 13.5. The van der Waals surface area contributed by atoms with Gasteiger partial charge in [0, 0.05) is 18.5 Å². The summed E-state index contributed by atoms with van der Waals surface area (Å²) in [6, 6.07) is 41.7. The number of amides is 2. The van der Waals surface area contributed by atoms with Crippen molar-refractivity contribution in [1.29, 1.82) is 0 Å². The standard InChI is InChI=1S/C31H30N2O/c34-30(32-29(25-13-5-1-6-14-25)26-15-7-2-8-16-26)33-23-21-31(22-24-33,27-17-9-3-10-18-27)28-19-11-4-12-20-28/h1-20,29H,21-24H2,(H,32,34). The number of piperidine rings is 1. The zero-order chi connectivity index (χ0) is 23.2. The van der Waals surface area contributed by atoms with Crippen molar-refractivity contribution in [3.63, 3.8) is 0 Å². The lowest BCUT2D eigenvalue weighted by atomic mass is 9.68. The molecule has 34 heavy (non-hydrogen) atoms. The number of benzene rings is 4. The number of hydrogen-bond acceptors (Lipinski definition) is 1. The van der Waals surface area contributed by atoms with Crippen molar-refractivity contribution >= 4 is 6.03 Å². The molecule has 170 valence electrons. The lowest BCUT2D eigenvalue weighted by Crippen LogP contribution is -2.49. The quantitative estimate of drug-likeness (QED) is 0.370. The van der Waals surface area contributed by atoms with Crippen molar-refractivity contribution in [2.45, 2.75) is 24.3 Å². The van der Waals surface area contributed by atoms with E-state index in [1.165, 1.54) is 11.1 Å². The molecular formula is C31H30N2O. The second-order valence-electron chi connectivity index (χ2n) is 9.01. The smallest absolute Gasteiger partial charge is 0.318 e. The van der Waals surface area contributed by atoms with Gasteiger partial charge in [-0.15, -0.1) is 0 Å². The second-order valence-corrected chi connectivity index (χ2v) is 9.01. The SMILES string of the molecule is O=C(NC(c1ccccc1)c1ccccc1)N1CCC(c2ccccc2)(c2ccccc2)CC1. The Labute approximate surface area is 202 Å². The van der Waals surface area contributed by atoms with Crippen LogP contribution in [0.25, 0.3) is 0 Å². The van der Waals surface area contributed by atoms with Crippen LogP contribution in [0.4, 0.5) is 4.79 Å². The molecule has 2 amide bonds. The minimum absolute atomic E-state index is 0.00701. The number of hydrogen-bond donors (Lipinski definition) is 1. The predicted octanol–water partition coefficient (Wildman–Crippen LogP) is 6.57. The van der Waals surface area contributed by atoms with Gasteiger partial charge in [-0.2, -0.15) is 0 Å². The first-order valence-corrected chi connectivity index (χ1v) is 12.0. The molecule has 3 heteroatoms. The normalized spacial score (nSPS) is 15.1. The molecule has 1 N–H and O–H groups in total. The maximum Gasteiger partial charge on any atom is 0.318 e. The van der Waals surface area contributed by atoms with Gasteiger partial charge in [0.15, 0.2) is 0 Å². The van der Waals surface area contributed by atoms with E-state index in [1.54, 1.807) is 0 Å². The van der Waals surface area contributed by atoms with Crippen LogP contribution in [-0.4, -0.2) is 24.0 Å². The average Bonchev–Trinajstić information content (AvgIpc) is 2.93. The highest BCUT2D eigenvalue weighted by molar-refractivity contribution is 5.75. The highest BCUT2D eigenvalue weighted by Gasteiger charge is 2.39. The van der Waals surface area contributed by atoms with E-state index in [4.69, 9.17) is 0 Å². The molecule has 0 spiro atoms. The summed E-state index contributed by atoms with van der Waals surface area (Å²) in [7, 11) is 0. The Morgan fingerprint density at radius 1 is 0.618 bits per heavy atom. The fourth-order valence-corrected chi connectivity index (χ4v) is 5.21. The van der Waals surface area contributed by atoms with E-state index in [9.17, 15) is 4.79 Å². The molecule has 0 saturated carbocycles. The Balaban J connectivity index is 1.36. The summed E-state index contributed by atoms with van der Waals surface area (Å²) in [6.07, 6.45) is 1.80. The van der Waals surface area contributed by atoms with Gasteiger partial charge in [-0.05, 0) is 35.1 Å². The largest absolute Gasteiger partial charge is 0.327 e. The lowest BCUT2D eigenvalue weighted by molar-refractivity contribution is 0.166. The van der Waals surface area contributed by atoms with E-state index in [-0.39, 0.29) is 17.5 Å². The fourth-order valence-electron chi connectivity index (χ4n) is 5.21. The zero-order valence-corrected chi connectivity index (χ0v) is 19.3. The topological polar surface area (TPSA) is 32.3 Å². The lowest BCUT2D eigenvalue weighted by Gasteiger charge is -2.43. The average molecular weight is 447 g/mol. The Bertz CT molecular complexity index is 1100. The van der Waals surface area contributed by atoms with Crippen LogP contribution >= 0.6 is 0 Å². The molecule has 1 fully saturated rings. The number of carbonyl (C=O) groups is 1. The molecule has 1 heterocycles. The van der Waals surface area contributed by atoms with Crippen LogP contribution in [0.1, 0.15) is 41.1 Å². The molecular weight excluding hydrogens is 416 g/mol. The Kier molecular flexibility index (Phi) is 6.44. The summed E-state index contributed by atoms with van der Waals surface area (Å²) in [5.41, 5.74) is 4.75. The van der Waals surface area contributed by atoms with Crippen LogP contribution in [0, 0.1) is 0 Å². The van der Waals surface area contributed by atoms with Gasteiger partial charge in [0.2, 0.25) is 0 Å². The molecule has 0 bridgehead atoms. The molecule has 5 rings (SSSR count). The number of likely N-dealkylation sites (tertiary alicyclic amines) is 1. The van der Waals surface area contributed by atoms with Gasteiger partial charge in [0.05, 0.1) is 6.04 Å². The summed E-state index contributed by atoms with van der Waals surface area (Å²) >= 11 is 0. The molecule has 4 aromatic carbocycles. The molecule has 4 aromatic rings. The molecule has 0 aliphatic carbocycles. The van der Waals surface area contributed by atoms with Crippen LogP contribution in [0.5, 0.6) is 0 Å². The van der Waals surface area contributed by atoms with Crippen LogP contribution in [0.3, 0.4) is 0 Å². The Morgan fingerprint density at radius 3 is 1.41 bits per heavy atom. The van der Waals surface area contributed by atoms with Gasteiger partial charge in [0.25, 0.3) is 0 Å². The highest BCUT2D eigenvalue weighted by atomic mass is 16.2. The number of nitrogens with zero attached hydrogens (tertiary/aromatic N) is 1. The third-order valence-electron chi connectivity index (χ3n) is 7.09. The van der Waals surface area contributed by atoms with Crippen molar-refractivity contribution < 1.29 is 4.79 Å². The van der Waals surface area contributed by atoms with E-state index in [0.29, 0.717) is 13.1 Å². The van der Waals surface area contributed by atoms with E-state index in [2.05, 4.69) is 90.2 Å². The van der Waals surface area contributed by atoms with Gasteiger partial charge >= 0.3 is 6.03 Å². The molecule has 1 aliphatic heterocycles. The summed E-state index contributed by atoms with van der Waals surface area (Å²) < 4.78 is 0.